The van der Waals surface area contributed by atoms with Crippen molar-refractivity contribution in [3.63, 3.8) is 0 Å². The van der Waals surface area contributed by atoms with Gasteiger partial charge in [-0.15, -0.1) is 0 Å². The van der Waals surface area contributed by atoms with E-state index in [2.05, 4.69) is 5.10 Å². The van der Waals surface area contributed by atoms with Gasteiger partial charge in [0.15, 0.2) is 0 Å². The quantitative estimate of drug-likeness (QED) is 0.761. The number of benzene rings is 1. The third-order valence-corrected chi connectivity index (χ3v) is 6.54. The standard InChI is InChI=1S/C17H21ClN4O4S/c1-20-12-14(11-19-20)27(24,25)22-7-3-6-21(8-9-22)17(23)15-10-13(18)4-5-16(15)26-2/h4-5,10-12H,3,6-9H2,1-2H3. The van der Waals surface area contributed by atoms with Crippen LogP contribution in [0.5, 0.6) is 5.75 Å². The van der Waals surface area contributed by atoms with Crippen molar-refractivity contribution in [2.45, 2.75) is 11.3 Å². The molecule has 0 spiro atoms. The van der Waals surface area contributed by atoms with E-state index >= 15 is 0 Å². The molecule has 1 aromatic heterocycles. The lowest BCUT2D eigenvalue weighted by atomic mass is 10.1. The summed E-state index contributed by atoms with van der Waals surface area (Å²) in [6.45, 7) is 1.29. The minimum atomic E-state index is -3.63. The largest absolute Gasteiger partial charge is 0.496 e. The van der Waals surface area contributed by atoms with Crippen LogP contribution in [-0.4, -0.2) is 66.6 Å². The summed E-state index contributed by atoms with van der Waals surface area (Å²) in [5, 5.41) is 4.37. The molecule has 1 fully saturated rings. The van der Waals surface area contributed by atoms with Crippen LogP contribution in [0.1, 0.15) is 16.8 Å². The molecule has 0 N–H and O–H groups in total. The van der Waals surface area contributed by atoms with Gasteiger partial charge in [0, 0.05) is 44.4 Å². The van der Waals surface area contributed by atoms with Crippen molar-refractivity contribution in [3.05, 3.63) is 41.2 Å². The number of aryl methyl sites for hydroxylation is 1. The van der Waals surface area contributed by atoms with Crippen molar-refractivity contribution in [3.8, 4) is 5.75 Å². The first-order valence-corrected chi connectivity index (χ1v) is 10.3. The van der Waals surface area contributed by atoms with E-state index in [0.717, 1.165) is 0 Å². The molecule has 8 nitrogen and oxygen atoms in total. The number of ether oxygens (including phenoxy) is 1. The van der Waals surface area contributed by atoms with Gasteiger partial charge in [0.2, 0.25) is 10.0 Å². The Kier molecular flexibility index (Phi) is 5.73. The van der Waals surface area contributed by atoms with Crippen molar-refractivity contribution in [1.82, 2.24) is 19.0 Å². The Morgan fingerprint density at radius 2 is 2.00 bits per heavy atom. The Hall–Kier alpha value is -2.10. The number of methoxy groups -OCH3 is 1. The number of aromatic nitrogens is 2. The van der Waals surface area contributed by atoms with Gasteiger partial charge < -0.3 is 9.64 Å². The summed E-state index contributed by atoms with van der Waals surface area (Å²) in [5.74, 6) is 0.212. The maximum atomic E-state index is 12.9. The van der Waals surface area contributed by atoms with Crippen LogP contribution in [0.3, 0.4) is 0 Å². The number of hydrogen-bond acceptors (Lipinski definition) is 5. The van der Waals surface area contributed by atoms with Crippen LogP contribution in [0.4, 0.5) is 0 Å². The van der Waals surface area contributed by atoms with Crippen LogP contribution < -0.4 is 4.74 Å². The molecule has 2 aromatic rings. The molecule has 10 heteroatoms. The Balaban J connectivity index is 1.77. The van der Waals surface area contributed by atoms with Gasteiger partial charge >= 0.3 is 0 Å². The molecule has 0 atom stereocenters. The molecule has 1 aliphatic heterocycles. The van der Waals surface area contributed by atoms with E-state index in [1.807, 2.05) is 0 Å². The summed E-state index contributed by atoms with van der Waals surface area (Å²) in [4.78, 5) is 14.7. The predicted octanol–water partition coefficient (Wildman–Crippen LogP) is 1.62. The zero-order valence-electron chi connectivity index (χ0n) is 15.1. The number of hydrogen-bond donors (Lipinski definition) is 0. The van der Waals surface area contributed by atoms with Crippen molar-refractivity contribution in [2.75, 3.05) is 33.3 Å². The number of carbonyl (C=O) groups is 1. The average Bonchev–Trinajstić information content (AvgIpc) is 2.93. The second kappa shape index (κ2) is 7.87. The molecular formula is C17H21ClN4O4S. The molecule has 1 aromatic carbocycles. The maximum absolute atomic E-state index is 12.9. The first kappa shape index (κ1) is 19.7. The number of sulfonamides is 1. The Morgan fingerprint density at radius 1 is 1.22 bits per heavy atom. The predicted molar refractivity (Wildman–Crippen MR) is 100 cm³/mol. The van der Waals surface area contributed by atoms with Crippen molar-refractivity contribution < 1.29 is 17.9 Å². The molecule has 3 rings (SSSR count). The number of amides is 1. The number of rotatable bonds is 4. The molecule has 1 amide bonds. The summed E-state index contributed by atoms with van der Waals surface area (Å²) in [6.07, 6.45) is 3.34. The fourth-order valence-corrected chi connectivity index (χ4v) is 4.66. The molecule has 27 heavy (non-hydrogen) atoms. The normalized spacial score (nSPS) is 16.2. The topological polar surface area (TPSA) is 84.7 Å². The highest BCUT2D eigenvalue weighted by molar-refractivity contribution is 7.89. The van der Waals surface area contributed by atoms with Crippen LogP contribution in [0.25, 0.3) is 0 Å². The Labute approximate surface area is 163 Å². The highest BCUT2D eigenvalue weighted by Crippen LogP contribution is 2.25. The molecule has 146 valence electrons. The van der Waals surface area contributed by atoms with Crippen molar-refractivity contribution in [2.24, 2.45) is 7.05 Å². The third-order valence-electron chi connectivity index (χ3n) is 4.45. The van der Waals surface area contributed by atoms with E-state index in [0.29, 0.717) is 35.8 Å². The molecule has 2 heterocycles. The first-order chi connectivity index (χ1) is 12.8. The second-order valence-corrected chi connectivity index (χ2v) is 8.62. The zero-order valence-corrected chi connectivity index (χ0v) is 16.7. The number of carbonyl (C=O) groups excluding carboxylic acids is 1. The van der Waals surface area contributed by atoms with Gasteiger partial charge in [0.1, 0.15) is 10.6 Å². The third kappa shape index (κ3) is 4.10. The van der Waals surface area contributed by atoms with Crippen LogP contribution in [-0.2, 0) is 17.1 Å². The van der Waals surface area contributed by atoms with Gasteiger partial charge in [0.25, 0.3) is 5.91 Å². The van der Waals surface area contributed by atoms with Gasteiger partial charge in [-0.05, 0) is 24.6 Å². The highest BCUT2D eigenvalue weighted by Gasteiger charge is 2.30. The molecule has 0 saturated carbocycles. The van der Waals surface area contributed by atoms with Gasteiger partial charge in [-0.3, -0.25) is 9.48 Å². The zero-order chi connectivity index (χ0) is 19.6. The fourth-order valence-electron chi connectivity index (χ4n) is 3.04. The second-order valence-electron chi connectivity index (χ2n) is 6.24. The molecule has 0 aliphatic carbocycles. The number of nitrogens with zero attached hydrogens (tertiary/aromatic N) is 4. The van der Waals surface area contributed by atoms with Crippen molar-refractivity contribution in [1.29, 1.82) is 0 Å². The summed E-state index contributed by atoms with van der Waals surface area (Å²) < 4.78 is 33.7. The smallest absolute Gasteiger partial charge is 0.257 e. The lowest BCUT2D eigenvalue weighted by Gasteiger charge is -2.22. The van der Waals surface area contributed by atoms with E-state index in [1.54, 1.807) is 30.1 Å². The lowest BCUT2D eigenvalue weighted by molar-refractivity contribution is 0.0761. The molecule has 0 bridgehead atoms. The molecule has 0 radical (unpaired) electrons. The van der Waals surface area contributed by atoms with Crippen LogP contribution in [0, 0.1) is 0 Å². The lowest BCUT2D eigenvalue weighted by Crippen LogP contribution is -2.37. The molecular weight excluding hydrogens is 392 g/mol. The van der Waals surface area contributed by atoms with Crippen LogP contribution in [0.15, 0.2) is 35.5 Å². The SMILES string of the molecule is COc1ccc(Cl)cc1C(=O)N1CCCN(S(=O)(=O)c2cnn(C)c2)CC1. The minimum absolute atomic E-state index is 0.154. The Morgan fingerprint density at radius 3 is 2.67 bits per heavy atom. The minimum Gasteiger partial charge on any atom is -0.496 e. The van der Waals surface area contributed by atoms with Crippen LogP contribution >= 0.6 is 11.6 Å². The van der Waals surface area contributed by atoms with Gasteiger partial charge in [-0.1, -0.05) is 11.6 Å². The molecule has 1 saturated heterocycles. The maximum Gasteiger partial charge on any atom is 0.257 e. The average molecular weight is 413 g/mol. The van der Waals surface area contributed by atoms with Gasteiger partial charge in [-0.25, -0.2) is 8.42 Å². The summed E-state index contributed by atoms with van der Waals surface area (Å²) in [6, 6.07) is 4.87. The summed E-state index contributed by atoms with van der Waals surface area (Å²) >= 11 is 6.02. The molecule has 0 unspecified atom stereocenters. The van der Waals surface area contributed by atoms with E-state index in [-0.39, 0.29) is 23.9 Å². The molecule has 1 aliphatic rings. The van der Waals surface area contributed by atoms with Crippen LogP contribution in [0.2, 0.25) is 5.02 Å². The van der Waals surface area contributed by atoms with Crippen molar-refractivity contribution >= 4 is 27.5 Å². The fraction of sp³-hybridized carbons (Fsp3) is 0.412. The van der Waals surface area contributed by atoms with E-state index < -0.39 is 10.0 Å². The van der Waals surface area contributed by atoms with E-state index in [9.17, 15) is 13.2 Å². The monoisotopic (exact) mass is 412 g/mol. The number of halogens is 1. The Bertz CT molecular complexity index is 944. The van der Waals surface area contributed by atoms with E-state index in [1.165, 1.54) is 28.5 Å². The van der Waals surface area contributed by atoms with Gasteiger partial charge in [-0.2, -0.15) is 9.40 Å². The van der Waals surface area contributed by atoms with E-state index in [4.69, 9.17) is 16.3 Å². The first-order valence-electron chi connectivity index (χ1n) is 8.44. The van der Waals surface area contributed by atoms with Gasteiger partial charge in [0.05, 0.1) is 18.9 Å². The highest BCUT2D eigenvalue weighted by atomic mass is 35.5. The summed E-state index contributed by atoms with van der Waals surface area (Å²) in [5.41, 5.74) is 0.369. The summed E-state index contributed by atoms with van der Waals surface area (Å²) in [7, 11) is -0.474.